The minimum Gasteiger partial charge on any atom is -0.459 e. The van der Waals surface area contributed by atoms with Crippen LogP contribution in [0.1, 0.15) is 73.3 Å². The van der Waals surface area contributed by atoms with E-state index in [0.717, 1.165) is 36.3 Å². The first-order valence-corrected chi connectivity index (χ1v) is 12.9. The van der Waals surface area contributed by atoms with Gasteiger partial charge in [0.25, 0.3) is 5.69 Å². The van der Waals surface area contributed by atoms with Crippen LogP contribution in [0.15, 0.2) is 58.3 Å². The number of nitrogens with zero attached hydrogens (tertiary/aromatic N) is 1. The second-order valence-corrected chi connectivity index (χ2v) is 10.6. The summed E-state index contributed by atoms with van der Waals surface area (Å²) in [6.07, 6.45) is 4.59. The predicted octanol–water partition coefficient (Wildman–Crippen LogP) is 5.81. The largest absolute Gasteiger partial charge is 0.459 e. The molecule has 1 aromatic carbocycles. The van der Waals surface area contributed by atoms with E-state index >= 15 is 0 Å². The van der Waals surface area contributed by atoms with Crippen molar-refractivity contribution in [3.63, 3.8) is 0 Å². The van der Waals surface area contributed by atoms with E-state index in [0.29, 0.717) is 40.8 Å². The highest BCUT2D eigenvalue weighted by atomic mass is 32.1. The zero-order valence-corrected chi connectivity index (χ0v) is 20.7. The second-order valence-electron chi connectivity index (χ2n) is 9.65. The number of benzene rings is 1. The van der Waals surface area contributed by atoms with Crippen LogP contribution in [0.2, 0.25) is 0 Å². The highest BCUT2D eigenvalue weighted by molar-refractivity contribution is 7.10. The van der Waals surface area contributed by atoms with Crippen molar-refractivity contribution in [1.29, 1.82) is 0 Å². The molecule has 35 heavy (non-hydrogen) atoms. The first-order chi connectivity index (χ1) is 16.8. The van der Waals surface area contributed by atoms with Crippen molar-refractivity contribution in [2.45, 2.75) is 70.3 Å². The van der Waals surface area contributed by atoms with Crippen molar-refractivity contribution in [1.82, 2.24) is 5.32 Å². The van der Waals surface area contributed by atoms with E-state index in [2.05, 4.69) is 5.32 Å². The lowest BCUT2D eigenvalue weighted by Crippen LogP contribution is -2.36. The molecule has 0 saturated heterocycles. The quantitative estimate of drug-likeness (QED) is 0.321. The number of dihydropyridines is 1. The number of carbonyl (C=O) groups is 2. The van der Waals surface area contributed by atoms with Gasteiger partial charge in [0, 0.05) is 51.7 Å². The zero-order valence-electron chi connectivity index (χ0n) is 19.8. The molecule has 2 heterocycles. The van der Waals surface area contributed by atoms with E-state index in [9.17, 15) is 19.7 Å². The number of Topliss-reactive ketones (excluding diaryl/α,β-unsaturated/α-hetero) is 1. The Morgan fingerprint density at radius 1 is 1.17 bits per heavy atom. The molecule has 1 N–H and O–H groups in total. The van der Waals surface area contributed by atoms with Gasteiger partial charge in [-0.15, -0.1) is 11.3 Å². The van der Waals surface area contributed by atoms with Crippen LogP contribution in [0.5, 0.6) is 0 Å². The Morgan fingerprint density at radius 3 is 2.63 bits per heavy atom. The molecule has 0 unspecified atom stereocenters. The van der Waals surface area contributed by atoms with Crippen LogP contribution in [0.3, 0.4) is 0 Å². The SMILES string of the molecule is CC1=C(C(=O)OC2CCCC2)[C@H](c2ccc(C)c([N+](=O)[O-])c2)C2=C(C[C@@H](c3cccs3)CC2=O)N1. The summed E-state index contributed by atoms with van der Waals surface area (Å²) in [5.74, 6) is -1.11. The molecule has 1 aliphatic heterocycles. The average molecular weight is 493 g/mol. The number of hydrogen-bond donors (Lipinski definition) is 1. The van der Waals surface area contributed by atoms with E-state index in [-0.39, 0.29) is 23.5 Å². The number of ketones is 1. The summed E-state index contributed by atoms with van der Waals surface area (Å²) in [7, 11) is 0. The smallest absolute Gasteiger partial charge is 0.337 e. The van der Waals surface area contributed by atoms with Gasteiger partial charge in [0.2, 0.25) is 0 Å². The van der Waals surface area contributed by atoms with Crippen LogP contribution < -0.4 is 5.32 Å². The number of nitro benzene ring substituents is 1. The molecule has 0 spiro atoms. The van der Waals surface area contributed by atoms with Crippen LogP contribution in [0, 0.1) is 17.0 Å². The summed E-state index contributed by atoms with van der Waals surface area (Å²) >= 11 is 1.64. The number of ether oxygens (including phenoxy) is 1. The Bertz CT molecular complexity index is 1250. The molecule has 7 nitrogen and oxygen atoms in total. The molecule has 1 saturated carbocycles. The number of nitrogens with one attached hydrogen (secondary N) is 1. The van der Waals surface area contributed by atoms with Gasteiger partial charge in [-0.25, -0.2) is 4.79 Å². The number of allylic oxidation sites excluding steroid dienone is 3. The summed E-state index contributed by atoms with van der Waals surface area (Å²) in [5, 5.41) is 17.1. The maximum absolute atomic E-state index is 13.6. The van der Waals surface area contributed by atoms with E-state index in [1.54, 1.807) is 30.4 Å². The van der Waals surface area contributed by atoms with Crippen LogP contribution in [-0.2, 0) is 14.3 Å². The fraction of sp³-hybridized carbons (Fsp3) is 0.407. The highest BCUT2D eigenvalue weighted by Crippen LogP contribution is 2.47. The summed E-state index contributed by atoms with van der Waals surface area (Å²) in [6, 6.07) is 9.01. The van der Waals surface area contributed by atoms with Gasteiger partial charge in [-0.1, -0.05) is 18.2 Å². The van der Waals surface area contributed by atoms with E-state index in [1.807, 2.05) is 24.4 Å². The molecule has 2 aliphatic carbocycles. The van der Waals surface area contributed by atoms with E-state index in [1.165, 1.54) is 6.07 Å². The van der Waals surface area contributed by atoms with Crippen molar-refractivity contribution in [3.05, 3.63) is 84.4 Å². The molecule has 5 rings (SSSR count). The number of aryl methyl sites for hydroxylation is 1. The molecule has 2 atom stereocenters. The molecular weight excluding hydrogens is 464 g/mol. The number of esters is 1. The van der Waals surface area contributed by atoms with Crippen LogP contribution in [0.4, 0.5) is 5.69 Å². The molecule has 182 valence electrons. The topological polar surface area (TPSA) is 98.5 Å². The lowest BCUT2D eigenvalue weighted by atomic mass is 9.72. The molecule has 1 aromatic heterocycles. The maximum Gasteiger partial charge on any atom is 0.337 e. The lowest BCUT2D eigenvalue weighted by Gasteiger charge is -2.36. The number of hydrogen-bond acceptors (Lipinski definition) is 7. The minimum atomic E-state index is -0.698. The van der Waals surface area contributed by atoms with Gasteiger partial charge >= 0.3 is 5.97 Å². The predicted molar refractivity (Wildman–Crippen MR) is 133 cm³/mol. The Hall–Kier alpha value is -3.26. The third-order valence-electron chi connectivity index (χ3n) is 7.33. The molecule has 2 aromatic rings. The maximum atomic E-state index is 13.6. The lowest BCUT2D eigenvalue weighted by molar-refractivity contribution is -0.385. The Kier molecular flexibility index (Phi) is 6.32. The Morgan fingerprint density at radius 2 is 1.94 bits per heavy atom. The number of thiophene rings is 1. The fourth-order valence-corrected chi connectivity index (χ4v) is 6.42. The van der Waals surface area contributed by atoms with Gasteiger partial charge in [0.05, 0.1) is 10.5 Å². The molecule has 3 aliphatic rings. The van der Waals surface area contributed by atoms with Crippen molar-refractivity contribution >= 4 is 28.8 Å². The first kappa shape index (κ1) is 23.5. The molecule has 0 bridgehead atoms. The summed E-state index contributed by atoms with van der Waals surface area (Å²) in [4.78, 5) is 39.5. The van der Waals surface area contributed by atoms with Gasteiger partial charge in [0.15, 0.2) is 5.78 Å². The normalized spacial score (nSPS) is 22.7. The second kappa shape index (κ2) is 9.41. The molecule has 0 amide bonds. The van der Waals surface area contributed by atoms with Crippen LogP contribution in [0.25, 0.3) is 0 Å². The number of carbonyl (C=O) groups excluding carboxylic acids is 2. The fourth-order valence-electron chi connectivity index (χ4n) is 5.59. The van der Waals surface area contributed by atoms with Crippen molar-refractivity contribution in [2.24, 2.45) is 0 Å². The third-order valence-corrected chi connectivity index (χ3v) is 8.37. The molecular formula is C27H28N2O5S. The Labute approximate surface area is 208 Å². The molecule has 1 fully saturated rings. The van der Waals surface area contributed by atoms with Crippen molar-refractivity contribution < 1.29 is 19.2 Å². The van der Waals surface area contributed by atoms with Gasteiger partial charge in [-0.2, -0.15) is 0 Å². The number of rotatable bonds is 5. The van der Waals surface area contributed by atoms with Crippen LogP contribution >= 0.6 is 11.3 Å². The summed E-state index contributed by atoms with van der Waals surface area (Å²) < 4.78 is 5.87. The van der Waals surface area contributed by atoms with Gasteiger partial charge in [-0.05, 0) is 63.0 Å². The van der Waals surface area contributed by atoms with Gasteiger partial charge < -0.3 is 10.1 Å². The summed E-state index contributed by atoms with van der Waals surface area (Å²) in [6.45, 7) is 3.51. The van der Waals surface area contributed by atoms with Crippen molar-refractivity contribution in [2.75, 3.05) is 0 Å². The van der Waals surface area contributed by atoms with Gasteiger partial charge in [0.1, 0.15) is 6.10 Å². The third kappa shape index (κ3) is 4.43. The van der Waals surface area contributed by atoms with E-state index < -0.39 is 16.8 Å². The van der Waals surface area contributed by atoms with Crippen molar-refractivity contribution in [3.8, 4) is 0 Å². The zero-order chi connectivity index (χ0) is 24.7. The standard InChI is InChI=1S/C27H28N2O5S/c1-15-9-10-17(13-21(15)29(32)33)25-24(27(31)34-19-6-3-4-7-19)16(2)28-20-12-18(14-22(30)26(20)25)23-8-5-11-35-23/h5,8-11,13,18-19,25,28H,3-4,6-7,12,14H2,1-2H3/t18-,25+/m1/s1. The average Bonchev–Trinajstić information content (AvgIpc) is 3.52. The minimum absolute atomic E-state index is 0.0240. The first-order valence-electron chi connectivity index (χ1n) is 12.1. The summed E-state index contributed by atoms with van der Waals surface area (Å²) in [5.41, 5.74) is 3.41. The number of nitro groups is 1. The van der Waals surface area contributed by atoms with Crippen LogP contribution in [-0.4, -0.2) is 22.8 Å². The van der Waals surface area contributed by atoms with Gasteiger partial charge in [-0.3, -0.25) is 14.9 Å². The Balaban J connectivity index is 1.60. The highest BCUT2D eigenvalue weighted by Gasteiger charge is 2.42. The monoisotopic (exact) mass is 492 g/mol. The molecule has 0 radical (unpaired) electrons. The van der Waals surface area contributed by atoms with E-state index in [4.69, 9.17) is 4.74 Å². The molecule has 8 heteroatoms.